The Balaban J connectivity index is 2.33. The maximum absolute atomic E-state index is 10.9. The molecular weight excluding hydrogens is 172 g/mol. The monoisotopic (exact) mass is 186 g/mol. The molecule has 0 radical (unpaired) electrons. The molecule has 1 aliphatic rings. The zero-order valence-electron chi connectivity index (χ0n) is 7.69. The fourth-order valence-electron chi connectivity index (χ4n) is 1.19. The van der Waals surface area contributed by atoms with Crippen LogP contribution < -0.4 is 0 Å². The number of rotatable bonds is 3. The Labute approximate surface area is 77.5 Å². The van der Waals surface area contributed by atoms with Crippen LogP contribution in [0.3, 0.4) is 0 Å². The van der Waals surface area contributed by atoms with E-state index in [0.29, 0.717) is 6.42 Å². The highest BCUT2D eigenvalue weighted by Gasteiger charge is 2.23. The van der Waals surface area contributed by atoms with E-state index >= 15 is 0 Å². The lowest BCUT2D eigenvalue weighted by atomic mass is 10.1. The van der Waals surface area contributed by atoms with Gasteiger partial charge in [-0.3, -0.25) is 4.79 Å². The van der Waals surface area contributed by atoms with Crippen molar-refractivity contribution in [3.8, 4) is 0 Å². The maximum atomic E-state index is 10.9. The fourth-order valence-corrected chi connectivity index (χ4v) is 1.19. The van der Waals surface area contributed by atoms with Gasteiger partial charge in [0, 0.05) is 6.42 Å². The average Bonchev–Trinajstić information content (AvgIpc) is 2.18. The Morgan fingerprint density at radius 3 is 3.08 bits per heavy atom. The summed E-state index contributed by atoms with van der Waals surface area (Å²) >= 11 is 0. The lowest BCUT2D eigenvalue weighted by Gasteiger charge is -2.27. The van der Waals surface area contributed by atoms with Crippen molar-refractivity contribution in [2.45, 2.75) is 25.0 Å². The number of hydrogen-bond acceptors (Lipinski definition) is 4. The number of hydrogen-bond donors (Lipinski definition) is 0. The molecule has 1 rings (SSSR count). The van der Waals surface area contributed by atoms with Crippen molar-refractivity contribution in [3.05, 3.63) is 12.7 Å². The first-order valence-corrected chi connectivity index (χ1v) is 4.19. The molecule has 1 fully saturated rings. The summed E-state index contributed by atoms with van der Waals surface area (Å²) in [5.74, 6) is -0.255. The minimum Gasteiger partial charge on any atom is -0.469 e. The molecule has 1 aliphatic heterocycles. The summed E-state index contributed by atoms with van der Waals surface area (Å²) in [5.41, 5.74) is 0. The third-order valence-electron chi connectivity index (χ3n) is 1.97. The molecule has 1 saturated heterocycles. The molecule has 0 unspecified atom stereocenters. The predicted molar refractivity (Wildman–Crippen MR) is 46.1 cm³/mol. The predicted octanol–water partition coefficient (Wildman–Crippen LogP) is 0.867. The first-order valence-electron chi connectivity index (χ1n) is 4.19. The number of carbonyl (C=O) groups excluding carboxylic acids is 1. The van der Waals surface area contributed by atoms with E-state index in [0.717, 1.165) is 0 Å². The van der Waals surface area contributed by atoms with Gasteiger partial charge in [-0.2, -0.15) is 0 Å². The summed E-state index contributed by atoms with van der Waals surface area (Å²) in [6, 6.07) is 0. The number of methoxy groups -OCH3 is 1. The van der Waals surface area contributed by atoms with E-state index in [9.17, 15) is 4.79 Å². The highest BCUT2D eigenvalue weighted by molar-refractivity contribution is 5.69. The molecular formula is C9H14O4. The molecule has 0 spiro atoms. The Kier molecular flexibility index (Phi) is 3.92. The summed E-state index contributed by atoms with van der Waals surface area (Å²) in [6.45, 7) is 3.84. The highest BCUT2D eigenvalue weighted by atomic mass is 16.7. The van der Waals surface area contributed by atoms with E-state index in [-0.39, 0.29) is 31.4 Å². The Morgan fingerprint density at radius 1 is 1.69 bits per heavy atom. The molecule has 74 valence electrons. The van der Waals surface area contributed by atoms with Crippen LogP contribution in [0.5, 0.6) is 0 Å². The molecule has 0 aromatic heterocycles. The topological polar surface area (TPSA) is 44.8 Å². The quantitative estimate of drug-likeness (QED) is 0.484. The van der Waals surface area contributed by atoms with Crippen molar-refractivity contribution >= 4 is 5.97 Å². The summed E-state index contributed by atoms with van der Waals surface area (Å²) in [5, 5.41) is 0. The third-order valence-corrected chi connectivity index (χ3v) is 1.97. The lowest BCUT2D eigenvalue weighted by molar-refractivity contribution is -0.172. The van der Waals surface area contributed by atoms with Crippen molar-refractivity contribution in [3.63, 3.8) is 0 Å². The van der Waals surface area contributed by atoms with Crippen molar-refractivity contribution in [1.29, 1.82) is 0 Å². The Morgan fingerprint density at radius 2 is 2.46 bits per heavy atom. The second kappa shape index (κ2) is 4.99. The molecule has 4 nitrogen and oxygen atoms in total. The lowest BCUT2D eigenvalue weighted by Crippen LogP contribution is -2.31. The van der Waals surface area contributed by atoms with Gasteiger partial charge in [0.05, 0.1) is 25.7 Å². The minimum absolute atomic E-state index is 0.0107. The van der Waals surface area contributed by atoms with Crippen LogP contribution in [0.4, 0.5) is 0 Å². The van der Waals surface area contributed by atoms with Gasteiger partial charge in [0.1, 0.15) is 6.79 Å². The van der Waals surface area contributed by atoms with Crippen molar-refractivity contribution in [1.82, 2.24) is 0 Å². The molecule has 0 N–H and O–H groups in total. The highest BCUT2D eigenvalue weighted by Crippen LogP contribution is 2.16. The van der Waals surface area contributed by atoms with Crippen LogP contribution in [-0.4, -0.2) is 32.1 Å². The van der Waals surface area contributed by atoms with Crippen molar-refractivity contribution in [2.24, 2.45) is 0 Å². The van der Waals surface area contributed by atoms with Gasteiger partial charge in [-0.15, -0.1) is 6.58 Å². The number of carbonyl (C=O) groups is 1. The third kappa shape index (κ3) is 3.16. The van der Waals surface area contributed by atoms with Gasteiger partial charge >= 0.3 is 5.97 Å². The Hall–Kier alpha value is -0.870. The van der Waals surface area contributed by atoms with E-state index in [1.54, 1.807) is 6.08 Å². The molecule has 0 amide bonds. The average molecular weight is 186 g/mol. The zero-order valence-corrected chi connectivity index (χ0v) is 7.69. The van der Waals surface area contributed by atoms with Gasteiger partial charge in [0.15, 0.2) is 0 Å². The number of esters is 1. The molecule has 0 saturated carbocycles. The van der Waals surface area contributed by atoms with E-state index in [4.69, 9.17) is 9.47 Å². The second-order valence-electron chi connectivity index (χ2n) is 2.86. The van der Waals surface area contributed by atoms with Crippen LogP contribution >= 0.6 is 0 Å². The van der Waals surface area contributed by atoms with Crippen LogP contribution in [-0.2, 0) is 19.0 Å². The maximum Gasteiger partial charge on any atom is 0.308 e. The number of ether oxygens (including phenoxy) is 3. The first kappa shape index (κ1) is 10.2. The van der Waals surface area contributed by atoms with Crippen LogP contribution in [0, 0.1) is 0 Å². The van der Waals surface area contributed by atoms with Gasteiger partial charge in [0.25, 0.3) is 0 Å². The van der Waals surface area contributed by atoms with Gasteiger partial charge in [-0.1, -0.05) is 6.08 Å². The molecule has 0 bridgehead atoms. The molecule has 13 heavy (non-hydrogen) atoms. The summed E-state index contributed by atoms with van der Waals surface area (Å²) < 4.78 is 14.9. The van der Waals surface area contributed by atoms with Gasteiger partial charge < -0.3 is 14.2 Å². The van der Waals surface area contributed by atoms with Crippen LogP contribution in [0.1, 0.15) is 12.8 Å². The van der Waals surface area contributed by atoms with Crippen LogP contribution in [0.2, 0.25) is 0 Å². The molecule has 0 aromatic rings. The summed E-state index contributed by atoms with van der Waals surface area (Å²) in [6.07, 6.45) is 2.54. The van der Waals surface area contributed by atoms with Crippen LogP contribution in [0.15, 0.2) is 12.7 Å². The van der Waals surface area contributed by atoms with Gasteiger partial charge in [0.2, 0.25) is 0 Å². The molecule has 2 atom stereocenters. The van der Waals surface area contributed by atoms with E-state index in [2.05, 4.69) is 11.3 Å². The van der Waals surface area contributed by atoms with E-state index in [1.165, 1.54) is 7.11 Å². The van der Waals surface area contributed by atoms with Gasteiger partial charge in [-0.25, -0.2) is 0 Å². The van der Waals surface area contributed by atoms with E-state index < -0.39 is 0 Å². The van der Waals surface area contributed by atoms with Crippen molar-refractivity contribution < 1.29 is 19.0 Å². The molecule has 0 aromatic carbocycles. The van der Waals surface area contributed by atoms with Gasteiger partial charge in [-0.05, 0) is 0 Å². The summed E-state index contributed by atoms with van der Waals surface area (Å²) in [7, 11) is 1.37. The normalized spacial score (nSPS) is 28.1. The minimum atomic E-state index is -0.255. The zero-order chi connectivity index (χ0) is 9.68. The molecule has 0 aliphatic carbocycles. The summed E-state index contributed by atoms with van der Waals surface area (Å²) in [4.78, 5) is 10.9. The fraction of sp³-hybridized carbons (Fsp3) is 0.667. The smallest absolute Gasteiger partial charge is 0.308 e. The Bertz CT molecular complexity index is 190. The van der Waals surface area contributed by atoms with Crippen molar-refractivity contribution in [2.75, 3.05) is 13.9 Å². The molecule has 4 heteroatoms. The largest absolute Gasteiger partial charge is 0.469 e. The second-order valence-corrected chi connectivity index (χ2v) is 2.86. The molecule has 1 heterocycles. The SMILES string of the molecule is C=C[C@@H]1C[C@H](CC(=O)OC)OCO1. The van der Waals surface area contributed by atoms with E-state index in [1.807, 2.05) is 0 Å². The standard InChI is InChI=1S/C9H14O4/c1-3-7-4-8(13-6-12-7)5-9(10)11-2/h3,7-8H,1,4-6H2,2H3/t7-,8-/m1/s1. The van der Waals surface area contributed by atoms with Crippen LogP contribution in [0.25, 0.3) is 0 Å². The first-order chi connectivity index (χ1) is 6.26.